The van der Waals surface area contributed by atoms with E-state index in [1.54, 1.807) is 25.2 Å². The van der Waals surface area contributed by atoms with Crippen LogP contribution in [0.4, 0.5) is 0 Å². The molecule has 1 aromatic carbocycles. The minimum atomic E-state index is -0.612. The van der Waals surface area contributed by atoms with Crippen molar-refractivity contribution < 1.29 is 23.9 Å². The van der Waals surface area contributed by atoms with E-state index in [1.165, 1.54) is 9.13 Å². The number of nitrogens with zero attached hydrogens (tertiary/aromatic N) is 2. The number of carbonyl (C=O) groups is 3. The molecule has 0 spiro atoms. The SMILES string of the molecule is Cn1c(=O)n(C2CCC(=O)CC2=O)c2ccc(C#CCOCCC(=O)OC(C)(C)C)cc21. The molecule has 0 bridgehead atoms. The Bertz CT molecular complexity index is 1170. The van der Waals surface area contributed by atoms with E-state index in [-0.39, 0.29) is 49.3 Å². The van der Waals surface area contributed by atoms with Gasteiger partial charge in [0.2, 0.25) is 0 Å². The molecule has 1 aliphatic rings. The summed E-state index contributed by atoms with van der Waals surface area (Å²) in [4.78, 5) is 48.3. The fourth-order valence-electron chi connectivity index (χ4n) is 3.68. The van der Waals surface area contributed by atoms with Crippen LogP contribution in [0.3, 0.4) is 0 Å². The van der Waals surface area contributed by atoms with Crippen molar-refractivity contribution in [3.63, 3.8) is 0 Å². The Morgan fingerprint density at radius 1 is 1.19 bits per heavy atom. The molecule has 1 saturated carbocycles. The van der Waals surface area contributed by atoms with E-state index in [9.17, 15) is 19.2 Å². The molecule has 1 unspecified atom stereocenters. The van der Waals surface area contributed by atoms with Crippen LogP contribution in [0.15, 0.2) is 23.0 Å². The van der Waals surface area contributed by atoms with Crippen LogP contribution in [-0.2, 0) is 30.9 Å². The molecule has 0 saturated heterocycles. The third kappa shape index (κ3) is 5.54. The first-order chi connectivity index (χ1) is 15.1. The van der Waals surface area contributed by atoms with Crippen molar-refractivity contribution in [2.45, 2.75) is 58.1 Å². The summed E-state index contributed by atoms with van der Waals surface area (Å²) in [5.41, 5.74) is 1.20. The number of esters is 1. The molecule has 0 N–H and O–H groups in total. The number of imidazole rings is 1. The van der Waals surface area contributed by atoms with Gasteiger partial charge in [0.25, 0.3) is 0 Å². The van der Waals surface area contributed by atoms with Gasteiger partial charge in [-0.25, -0.2) is 4.79 Å². The zero-order chi connectivity index (χ0) is 23.5. The Morgan fingerprint density at radius 2 is 1.94 bits per heavy atom. The second-order valence-corrected chi connectivity index (χ2v) is 8.84. The highest BCUT2D eigenvalue weighted by Crippen LogP contribution is 2.26. The van der Waals surface area contributed by atoms with Gasteiger partial charge in [-0.3, -0.25) is 23.5 Å². The average Bonchev–Trinajstić information content (AvgIpc) is 2.94. The number of fused-ring (bicyclic) bond motifs is 1. The number of hydrogen-bond acceptors (Lipinski definition) is 6. The summed E-state index contributed by atoms with van der Waals surface area (Å²) >= 11 is 0. The van der Waals surface area contributed by atoms with Crippen LogP contribution >= 0.6 is 0 Å². The predicted octanol–water partition coefficient (Wildman–Crippen LogP) is 2.30. The van der Waals surface area contributed by atoms with Crippen LogP contribution in [0.2, 0.25) is 0 Å². The topological polar surface area (TPSA) is 96.6 Å². The monoisotopic (exact) mass is 440 g/mol. The molecule has 0 amide bonds. The van der Waals surface area contributed by atoms with Gasteiger partial charge in [-0.15, -0.1) is 0 Å². The molecule has 8 heteroatoms. The third-order valence-corrected chi connectivity index (χ3v) is 5.12. The summed E-state index contributed by atoms with van der Waals surface area (Å²) in [5, 5.41) is 0. The van der Waals surface area contributed by atoms with Gasteiger partial charge in [0.05, 0.1) is 36.5 Å². The predicted molar refractivity (Wildman–Crippen MR) is 118 cm³/mol. The number of carbonyl (C=O) groups excluding carboxylic acids is 3. The molecule has 8 nitrogen and oxygen atoms in total. The smallest absolute Gasteiger partial charge is 0.329 e. The van der Waals surface area contributed by atoms with E-state index in [1.807, 2.05) is 20.8 Å². The van der Waals surface area contributed by atoms with Gasteiger partial charge < -0.3 is 9.47 Å². The van der Waals surface area contributed by atoms with Crippen molar-refractivity contribution >= 4 is 28.6 Å². The summed E-state index contributed by atoms with van der Waals surface area (Å²) < 4.78 is 13.6. The molecule has 32 heavy (non-hydrogen) atoms. The number of aromatic nitrogens is 2. The van der Waals surface area contributed by atoms with Gasteiger partial charge in [0, 0.05) is 19.0 Å². The highest BCUT2D eigenvalue weighted by molar-refractivity contribution is 6.03. The quantitative estimate of drug-likeness (QED) is 0.306. The lowest BCUT2D eigenvalue weighted by molar-refractivity contribution is -0.155. The number of rotatable bonds is 5. The zero-order valence-corrected chi connectivity index (χ0v) is 18.9. The first-order valence-corrected chi connectivity index (χ1v) is 10.6. The van der Waals surface area contributed by atoms with Crippen molar-refractivity contribution in [3.8, 4) is 11.8 Å². The number of ketones is 2. The molecule has 1 aromatic heterocycles. The Balaban J connectivity index is 1.66. The number of Topliss-reactive ketones (excluding diaryl/α,β-unsaturated/α-hetero) is 2. The van der Waals surface area contributed by atoms with Crippen molar-refractivity contribution in [2.24, 2.45) is 7.05 Å². The fraction of sp³-hybridized carbons (Fsp3) is 0.500. The lowest BCUT2D eigenvalue weighted by atomic mass is 9.93. The van der Waals surface area contributed by atoms with Crippen LogP contribution in [-0.4, -0.2) is 45.5 Å². The first-order valence-electron chi connectivity index (χ1n) is 10.6. The van der Waals surface area contributed by atoms with E-state index in [0.29, 0.717) is 29.4 Å². The van der Waals surface area contributed by atoms with Crippen LogP contribution in [0.5, 0.6) is 0 Å². The lowest BCUT2D eigenvalue weighted by Crippen LogP contribution is -2.34. The van der Waals surface area contributed by atoms with E-state index in [0.717, 1.165) is 0 Å². The summed E-state index contributed by atoms with van der Waals surface area (Å²) in [5.74, 6) is 5.27. The highest BCUT2D eigenvalue weighted by atomic mass is 16.6. The molecule has 3 rings (SSSR count). The van der Waals surface area contributed by atoms with Gasteiger partial charge in [-0.05, 0) is 45.4 Å². The van der Waals surface area contributed by atoms with E-state index < -0.39 is 11.6 Å². The largest absolute Gasteiger partial charge is 0.460 e. The summed E-state index contributed by atoms with van der Waals surface area (Å²) in [6.45, 7) is 5.81. The van der Waals surface area contributed by atoms with Gasteiger partial charge in [0.1, 0.15) is 18.0 Å². The van der Waals surface area contributed by atoms with Crippen molar-refractivity contribution in [1.82, 2.24) is 9.13 Å². The molecular weight excluding hydrogens is 412 g/mol. The maximum Gasteiger partial charge on any atom is 0.329 e. The van der Waals surface area contributed by atoms with E-state index in [2.05, 4.69) is 11.8 Å². The normalized spacial score (nSPS) is 16.7. The first kappa shape index (κ1) is 23.5. The second-order valence-electron chi connectivity index (χ2n) is 8.84. The van der Waals surface area contributed by atoms with Gasteiger partial charge in [-0.2, -0.15) is 0 Å². The second kappa shape index (κ2) is 9.53. The van der Waals surface area contributed by atoms with Crippen LogP contribution < -0.4 is 5.69 Å². The number of ether oxygens (including phenoxy) is 2. The number of aryl methyl sites for hydroxylation is 1. The molecule has 2 aromatic rings. The molecule has 1 fully saturated rings. The number of hydrogen-bond donors (Lipinski definition) is 0. The van der Waals surface area contributed by atoms with Crippen molar-refractivity contribution in [3.05, 3.63) is 34.2 Å². The van der Waals surface area contributed by atoms with Crippen LogP contribution in [0, 0.1) is 11.8 Å². The van der Waals surface area contributed by atoms with Gasteiger partial charge in [-0.1, -0.05) is 11.8 Å². The fourth-order valence-corrected chi connectivity index (χ4v) is 3.68. The van der Waals surface area contributed by atoms with Crippen molar-refractivity contribution in [1.29, 1.82) is 0 Å². The maximum atomic E-state index is 12.8. The summed E-state index contributed by atoms with van der Waals surface area (Å²) in [6, 6.07) is 4.73. The highest BCUT2D eigenvalue weighted by Gasteiger charge is 2.31. The Labute approximate surface area is 186 Å². The van der Waals surface area contributed by atoms with Gasteiger partial charge in [0.15, 0.2) is 5.78 Å². The summed E-state index contributed by atoms with van der Waals surface area (Å²) in [7, 11) is 1.65. The van der Waals surface area contributed by atoms with Crippen LogP contribution in [0.1, 0.15) is 58.1 Å². The Hall–Kier alpha value is -3.18. The number of benzene rings is 1. The molecule has 1 atom stereocenters. The molecule has 1 heterocycles. The Morgan fingerprint density at radius 3 is 2.62 bits per heavy atom. The molecule has 170 valence electrons. The third-order valence-electron chi connectivity index (χ3n) is 5.12. The van der Waals surface area contributed by atoms with E-state index in [4.69, 9.17) is 9.47 Å². The molecule has 0 radical (unpaired) electrons. The van der Waals surface area contributed by atoms with Crippen molar-refractivity contribution in [2.75, 3.05) is 13.2 Å². The minimum Gasteiger partial charge on any atom is -0.460 e. The molecule has 1 aliphatic carbocycles. The Kier molecular flexibility index (Phi) is 6.99. The van der Waals surface area contributed by atoms with Gasteiger partial charge >= 0.3 is 11.7 Å². The molecule has 0 aliphatic heterocycles. The maximum absolute atomic E-state index is 12.8. The minimum absolute atomic E-state index is 0.0783. The summed E-state index contributed by atoms with van der Waals surface area (Å²) in [6.07, 6.45) is 0.687. The molecular formula is C24H28N2O6. The standard InChI is InChI=1S/C24H28N2O6/c1-24(2,3)32-22(29)11-13-31-12-5-6-16-7-9-18-20(14-16)25(4)23(30)26(18)19-10-8-17(27)15-21(19)28/h7,9,14,19H,8,10-13,15H2,1-4H3. The van der Waals surface area contributed by atoms with E-state index >= 15 is 0 Å². The zero-order valence-electron chi connectivity index (χ0n) is 18.9. The van der Waals surface area contributed by atoms with Crippen LogP contribution in [0.25, 0.3) is 11.0 Å². The lowest BCUT2D eigenvalue weighted by Gasteiger charge is -2.21. The average molecular weight is 440 g/mol.